The minimum Gasteiger partial charge on any atom is -0.365 e. The smallest absolute Gasteiger partial charge is 0.267 e. The number of hydroxylamine groups is 1. The van der Waals surface area contributed by atoms with Gasteiger partial charge in [0.05, 0.1) is 18.1 Å². The molecule has 2 aliphatic rings. The van der Waals surface area contributed by atoms with Crippen molar-refractivity contribution in [3.8, 4) is 0 Å². The van der Waals surface area contributed by atoms with Crippen LogP contribution in [0.25, 0.3) is 6.08 Å². The van der Waals surface area contributed by atoms with Crippen LogP contribution in [0.3, 0.4) is 0 Å². The van der Waals surface area contributed by atoms with Crippen LogP contribution in [0.5, 0.6) is 0 Å². The molecule has 1 aromatic heterocycles. The highest BCUT2D eigenvalue weighted by atomic mass is 35.5. The molecule has 1 aliphatic heterocycles. The summed E-state index contributed by atoms with van der Waals surface area (Å²) in [5.74, 6) is 1.11. The van der Waals surface area contributed by atoms with E-state index >= 15 is 0 Å². The standard InChI is InChI=1S/C19H29N5O2.2ClH/c25-19(23-26)7-6-16-12-21-18(13-20-16)22-17-9-11-24(14-17)10-8-15-4-2-1-3-5-15;;/h6-7,12-13,15,17,26H,1-5,8-11,14H2,(H,21,22)(H,23,25);2*1H/b7-6+;;/t17-;;/m1../s1. The zero-order chi connectivity index (χ0) is 18.2. The summed E-state index contributed by atoms with van der Waals surface area (Å²) in [5, 5.41) is 11.9. The molecular weight excluding hydrogens is 401 g/mol. The number of nitrogens with one attached hydrogen (secondary N) is 2. The van der Waals surface area contributed by atoms with E-state index < -0.39 is 5.91 Å². The summed E-state index contributed by atoms with van der Waals surface area (Å²) in [6.07, 6.45) is 15.6. The lowest BCUT2D eigenvalue weighted by atomic mass is 9.87. The molecule has 2 heterocycles. The maximum absolute atomic E-state index is 11.0. The number of anilines is 1. The highest BCUT2D eigenvalue weighted by molar-refractivity contribution is 5.90. The van der Waals surface area contributed by atoms with Crippen molar-refractivity contribution in [3.63, 3.8) is 0 Å². The second-order valence-corrected chi connectivity index (χ2v) is 7.36. The van der Waals surface area contributed by atoms with Gasteiger partial charge in [-0.15, -0.1) is 24.8 Å². The maximum atomic E-state index is 11.0. The summed E-state index contributed by atoms with van der Waals surface area (Å²) in [5.41, 5.74) is 2.11. The van der Waals surface area contributed by atoms with Gasteiger partial charge >= 0.3 is 0 Å². The molecule has 0 unspecified atom stereocenters. The minimum atomic E-state index is -0.590. The van der Waals surface area contributed by atoms with Gasteiger partial charge in [-0.25, -0.2) is 10.5 Å². The van der Waals surface area contributed by atoms with E-state index in [9.17, 15) is 4.79 Å². The first-order chi connectivity index (χ1) is 12.7. The number of halogens is 2. The van der Waals surface area contributed by atoms with E-state index in [1.165, 1.54) is 62.7 Å². The molecule has 1 saturated heterocycles. The molecule has 2 fully saturated rings. The topological polar surface area (TPSA) is 90.4 Å². The fraction of sp³-hybridized carbons (Fsp3) is 0.632. The van der Waals surface area contributed by atoms with E-state index in [0.29, 0.717) is 11.7 Å². The Morgan fingerprint density at radius 3 is 2.64 bits per heavy atom. The average molecular weight is 432 g/mol. The second kappa shape index (κ2) is 12.9. The van der Waals surface area contributed by atoms with Crippen LogP contribution in [0.4, 0.5) is 5.82 Å². The quantitative estimate of drug-likeness (QED) is 0.348. The highest BCUT2D eigenvalue weighted by Gasteiger charge is 2.23. The summed E-state index contributed by atoms with van der Waals surface area (Å²) in [4.78, 5) is 22.1. The van der Waals surface area contributed by atoms with Crippen LogP contribution in [0.1, 0.15) is 50.6 Å². The monoisotopic (exact) mass is 431 g/mol. The molecule has 1 amide bonds. The zero-order valence-corrected chi connectivity index (χ0v) is 17.7. The van der Waals surface area contributed by atoms with Gasteiger partial charge in [0.25, 0.3) is 5.91 Å². The summed E-state index contributed by atoms with van der Waals surface area (Å²) in [6, 6.07) is 0.414. The normalized spacial score (nSPS) is 20.4. The van der Waals surface area contributed by atoms with Crippen LogP contribution >= 0.6 is 24.8 Å². The number of hydrogen-bond donors (Lipinski definition) is 3. The van der Waals surface area contributed by atoms with Crippen molar-refractivity contribution in [3.05, 3.63) is 24.2 Å². The fourth-order valence-electron chi connectivity index (χ4n) is 3.90. The lowest BCUT2D eigenvalue weighted by Gasteiger charge is -2.24. The lowest BCUT2D eigenvalue weighted by molar-refractivity contribution is -0.124. The number of aromatic nitrogens is 2. The SMILES string of the molecule is Cl.Cl.O=C(/C=C/c1cnc(N[C@@H]2CCN(CCC3CCCCC3)C2)cn1)NO. The van der Waals surface area contributed by atoms with Crippen molar-refractivity contribution in [2.75, 3.05) is 25.0 Å². The molecule has 1 atom stereocenters. The third-order valence-corrected chi connectivity index (χ3v) is 5.39. The van der Waals surface area contributed by atoms with Gasteiger partial charge < -0.3 is 10.2 Å². The second-order valence-electron chi connectivity index (χ2n) is 7.36. The van der Waals surface area contributed by atoms with Gasteiger partial charge in [-0.2, -0.15) is 0 Å². The third kappa shape index (κ3) is 7.91. The van der Waals surface area contributed by atoms with Gasteiger partial charge in [-0.05, 0) is 31.4 Å². The molecule has 0 bridgehead atoms. The van der Waals surface area contributed by atoms with Crippen molar-refractivity contribution >= 4 is 42.6 Å². The number of hydrogen-bond acceptors (Lipinski definition) is 6. The molecule has 1 aliphatic carbocycles. The maximum Gasteiger partial charge on any atom is 0.267 e. The van der Waals surface area contributed by atoms with Crippen molar-refractivity contribution in [2.24, 2.45) is 5.92 Å². The van der Waals surface area contributed by atoms with E-state index in [1.807, 2.05) is 0 Å². The van der Waals surface area contributed by atoms with Gasteiger partial charge in [-0.1, -0.05) is 32.1 Å². The molecule has 28 heavy (non-hydrogen) atoms. The first-order valence-corrected chi connectivity index (χ1v) is 9.66. The van der Waals surface area contributed by atoms with Crippen LogP contribution in [-0.2, 0) is 4.79 Å². The Morgan fingerprint density at radius 1 is 1.18 bits per heavy atom. The van der Waals surface area contributed by atoms with Crippen molar-refractivity contribution in [2.45, 2.75) is 51.0 Å². The molecule has 0 radical (unpaired) electrons. The summed E-state index contributed by atoms with van der Waals surface area (Å²) in [7, 11) is 0. The van der Waals surface area contributed by atoms with Crippen LogP contribution in [-0.4, -0.2) is 51.7 Å². The highest BCUT2D eigenvalue weighted by Crippen LogP contribution is 2.27. The molecule has 0 aromatic carbocycles. The number of amides is 1. The molecular formula is C19H31Cl2N5O2. The Labute approximate surface area is 179 Å². The number of likely N-dealkylation sites (tertiary alicyclic amines) is 1. The number of carbonyl (C=O) groups excluding carboxylic acids is 1. The van der Waals surface area contributed by atoms with Gasteiger partial charge in [0.1, 0.15) is 5.82 Å². The lowest BCUT2D eigenvalue weighted by Crippen LogP contribution is -2.28. The molecule has 158 valence electrons. The Bertz CT molecular complexity index is 609. The van der Waals surface area contributed by atoms with E-state index in [2.05, 4.69) is 20.2 Å². The van der Waals surface area contributed by atoms with Crippen molar-refractivity contribution in [1.29, 1.82) is 0 Å². The minimum absolute atomic E-state index is 0. The van der Waals surface area contributed by atoms with Crippen molar-refractivity contribution in [1.82, 2.24) is 20.3 Å². The van der Waals surface area contributed by atoms with E-state index in [1.54, 1.807) is 12.4 Å². The van der Waals surface area contributed by atoms with E-state index in [0.717, 1.165) is 31.2 Å². The third-order valence-electron chi connectivity index (χ3n) is 5.39. The fourth-order valence-corrected chi connectivity index (χ4v) is 3.90. The average Bonchev–Trinajstić information content (AvgIpc) is 3.13. The summed E-state index contributed by atoms with van der Waals surface area (Å²) in [6.45, 7) is 3.42. The van der Waals surface area contributed by atoms with Gasteiger partial charge in [0, 0.05) is 25.2 Å². The van der Waals surface area contributed by atoms with Crippen LogP contribution in [0.15, 0.2) is 18.5 Å². The van der Waals surface area contributed by atoms with Gasteiger partial charge in [-0.3, -0.25) is 15.0 Å². The number of rotatable bonds is 7. The Hall–Kier alpha value is -1.41. The Balaban J connectivity index is 0.00000196. The molecule has 1 aromatic rings. The van der Waals surface area contributed by atoms with E-state index in [-0.39, 0.29) is 24.8 Å². The Kier molecular flexibility index (Phi) is 11.4. The first kappa shape index (κ1) is 24.6. The molecule has 1 saturated carbocycles. The Morgan fingerprint density at radius 2 is 1.96 bits per heavy atom. The summed E-state index contributed by atoms with van der Waals surface area (Å²) >= 11 is 0. The predicted octanol–water partition coefficient (Wildman–Crippen LogP) is 3.30. The number of carbonyl (C=O) groups is 1. The summed E-state index contributed by atoms with van der Waals surface area (Å²) < 4.78 is 0. The zero-order valence-electron chi connectivity index (χ0n) is 16.0. The van der Waals surface area contributed by atoms with E-state index in [4.69, 9.17) is 5.21 Å². The van der Waals surface area contributed by atoms with Crippen LogP contribution in [0, 0.1) is 5.92 Å². The molecule has 3 N–H and O–H groups in total. The van der Waals surface area contributed by atoms with Crippen molar-refractivity contribution < 1.29 is 10.0 Å². The molecule has 9 heteroatoms. The predicted molar refractivity (Wildman–Crippen MR) is 115 cm³/mol. The van der Waals surface area contributed by atoms with Gasteiger partial charge in [0.15, 0.2) is 0 Å². The number of nitrogens with zero attached hydrogens (tertiary/aromatic N) is 3. The first-order valence-electron chi connectivity index (χ1n) is 9.66. The molecule has 7 nitrogen and oxygen atoms in total. The largest absolute Gasteiger partial charge is 0.365 e. The molecule has 3 rings (SSSR count). The van der Waals surface area contributed by atoms with Crippen LogP contribution in [0.2, 0.25) is 0 Å². The van der Waals surface area contributed by atoms with Crippen LogP contribution < -0.4 is 10.8 Å². The molecule has 0 spiro atoms. The van der Waals surface area contributed by atoms with Gasteiger partial charge in [0.2, 0.25) is 0 Å².